The highest BCUT2D eigenvalue weighted by Gasteiger charge is 2.32. The molecule has 9 heteroatoms. The van der Waals surface area contributed by atoms with Gasteiger partial charge >= 0.3 is 6.18 Å². The molecule has 0 bridgehead atoms. The Morgan fingerprint density at radius 3 is 2.78 bits per heavy atom. The Morgan fingerprint density at radius 1 is 1.28 bits per heavy atom. The SMILES string of the molecule is C#Cc1cccc(NC(=O)CNC(=NC)N2CCOC(c3cccc(C(F)(F)F)c3)C2)c1. The molecule has 1 atom stereocenters. The molecule has 1 unspecified atom stereocenters. The van der Waals surface area contributed by atoms with Gasteiger partial charge in [0.1, 0.15) is 6.10 Å². The summed E-state index contributed by atoms with van der Waals surface area (Å²) in [5.41, 5.74) is 0.952. The second kappa shape index (κ2) is 10.2. The first kappa shape index (κ1) is 23.2. The van der Waals surface area contributed by atoms with Gasteiger partial charge in [0.15, 0.2) is 5.96 Å². The minimum atomic E-state index is -4.42. The summed E-state index contributed by atoms with van der Waals surface area (Å²) in [5, 5.41) is 5.74. The van der Waals surface area contributed by atoms with Crippen molar-refractivity contribution < 1.29 is 22.7 Å². The Balaban J connectivity index is 1.60. The lowest BCUT2D eigenvalue weighted by Gasteiger charge is -2.35. The molecule has 1 fully saturated rings. The van der Waals surface area contributed by atoms with Crippen molar-refractivity contribution in [1.82, 2.24) is 10.2 Å². The number of aliphatic imine (C=N–C) groups is 1. The highest BCUT2D eigenvalue weighted by Crippen LogP contribution is 2.32. The number of hydrogen-bond acceptors (Lipinski definition) is 3. The predicted octanol–water partition coefficient (Wildman–Crippen LogP) is 3.27. The van der Waals surface area contributed by atoms with E-state index in [1.807, 2.05) is 4.90 Å². The van der Waals surface area contributed by atoms with Crippen LogP contribution in [0.15, 0.2) is 53.5 Å². The number of terminal acetylenes is 1. The van der Waals surface area contributed by atoms with Crippen molar-refractivity contribution in [2.24, 2.45) is 4.99 Å². The molecule has 0 radical (unpaired) electrons. The molecule has 0 aliphatic carbocycles. The first-order chi connectivity index (χ1) is 15.3. The van der Waals surface area contributed by atoms with E-state index >= 15 is 0 Å². The zero-order chi connectivity index (χ0) is 23.1. The van der Waals surface area contributed by atoms with Crippen LogP contribution < -0.4 is 10.6 Å². The summed E-state index contributed by atoms with van der Waals surface area (Å²) in [4.78, 5) is 18.3. The van der Waals surface area contributed by atoms with Crippen LogP contribution in [0, 0.1) is 12.3 Å². The highest BCUT2D eigenvalue weighted by molar-refractivity contribution is 5.95. The normalized spacial score (nSPS) is 16.9. The Hall–Kier alpha value is -3.51. The molecular formula is C23H23F3N4O2. The molecule has 168 valence electrons. The van der Waals surface area contributed by atoms with Gasteiger partial charge < -0.3 is 20.3 Å². The van der Waals surface area contributed by atoms with Crippen molar-refractivity contribution in [2.45, 2.75) is 12.3 Å². The summed E-state index contributed by atoms with van der Waals surface area (Å²) in [7, 11) is 1.57. The van der Waals surface area contributed by atoms with Gasteiger partial charge in [-0.3, -0.25) is 9.79 Å². The fourth-order valence-electron chi connectivity index (χ4n) is 3.34. The quantitative estimate of drug-likeness (QED) is 0.432. The molecule has 6 nitrogen and oxygen atoms in total. The number of amides is 1. The number of nitrogens with zero attached hydrogens (tertiary/aromatic N) is 2. The molecule has 2 aromatic rings. The molecule has 0 aromatic heterocycles. The molecule has 1 aliphatic heterocycles. The van der Waals surface area contributed by atoms with E-state index in [4.69, 9.17) is 11.2 Å². The van der Waals surface area contributed by atoms with Crippen LogP contribution in [-0.2, 0) is 15.7 Å². The number of hydrogen-bond donors (Lipinski definition) is 2. The summed E-state index contributed by atoms with van der Waals surface area (Å²) < 4.78 is 44.8. The third-order valence-corrected chi connectivity index (χ3v) is 4.88. The van der Waals surface area contributed by atoms with Gasteiger partial charge in [-0.2, -0.15) is 13.2 Å². The van der Waals surface area contributed by atoms with Gasteiger partial charge in [0.25, 0.3) is 0 Å². The molecule has 2 aromatic carbocycles. The van der Waals surface area contributed by atoms with Crippen LogP contribution in [0.1, 0.15) is 22.8 Å². The molecule has 0 saturated carbocycles. The van der Waals surface area contributed by atoms with Gasteiger partial charge in [-0.25, -0.2) is 0 Å². The largest absolute Gasteiger partial charge is 0.416 e. The summed E-state index contributed by atoms with van der Waals surface area (Å²) in [6.07, 6.45) is 0.396. The number of ether oxygens (including phenoxy) is 1. The Labute approximate surface area is 184 Å². The second-order valence-corrected chi connectivity index (χ2v) is 7.10. The summed E-state index contributed by atoms with van der Waals surface area (Å²) >= 11 is 0. The zero-order valence-corrected chi connectivity index (χ0v) is 17.4. The van der Waals surface area contributed by atoms with E-state index in [2.05, 4.69) is 21.5 Å². The number of benzene rings is 2. The summed E-state index contributed by atoms with van der Waals surface area (Å²) in [5.74, 6) is 2.67. The average Bonchev–Trinajstić information content (AvgIpc) is 2.79. The minimum absolute atomic E-state index is 0.0431. The monoisotopic (exact) mass is 444 g/mol. The maximum atomic E-state index is 13.0. The number of morpholine rings is 1. The Morgan fingerprint density at radius 2 is 2.06 bits per heavy atom. The lowest BCUT2D eigenvalue weighted by Crippen LogP contribution is -2.49. The molecule has 32 heavy (non-hydrogen) atoms. The van der Waals surface area contributed by atoms with Crippen LogP contribution in [0.25, 0.3) is 0 Å². The van der Waals surface area contributed by atoms with Crippen molar-refractivity contribution in [3.05, 3.63) is 65.2 Å². The van der Waals surface area contributed by atoms with Crippen molar-refractivity contribution in [3.63, 3.8) is 0 Å². The average molecular weight is 444 g/mol. The summed E-state index contributed by atoms with van der Waals surface area (Å²) in [6.45, 7) is 1.05. The van der Waals surface area contributed by atoms with Gasteiger partial charge in [0.05, 0.1) is 25.3 Å². The van der Waals surface area contributed by atoms with E-state index < -0.39 is 17.8 Å². The molecule has 1 saturated heterocycles. The minimum Gasteiger partial charge on any atom is -0.370 e. The number of alkyl halides is 3. The topological polar surface area (TPSA) is 66.0 Å². The van der Waals surface area contributed by atoms with Crippen LogP contribution in [0.5, 0.6) is 0 Å². The van der Waals surface area contributed by atoms with Gasteiger partial charge in [0.2, 0.25) is 5.91 Å². The number of anilines is 1. The van der Waals surface area contributed by atoms with Crippen molar-refractivity contribution in [3.8, 4) is 12.3 Å². The molecule has 1 heterocycles. The second-order valence-electron chi connectivity index (χ2n) is 7.10. The predicted molar refractivity (Wildman–Crippen MR) is 116 cm³/mol. The van der Waals surface area contributed by atoms with E-state index in [9.17, 15) is 18.0 Å². The van der Waals surface area contributed by atoms with Gasteiger partial charge in [-0.1, -0.05) is 24.1 Å². The van der Waals surface area contributed by atoms with E-state index in [1.165, 1.54) is 6.07 Å². The van der Waals surface area contributed by atoms with Gasteiger partial charge in [-0.15, -0.1) is 6.42 Å². The number of guanidine groups is 1. The van der Waals surface area contributed by atoms with Crippen LogP contribution in [-0.4, -0.2) is 50.1 Å². The van der Waals surface area contributed by atoms with Crippen molar-refractivity contribution in [1.29, 1.82) is 0 Å². The Bertz CT molecular complexity index is 1030. The number of rotatable bonds is 4. The molecule has 3 rings (SSSR count). The zero-order valence-electron chi connectivity index (χ0n) is 17.4. The standard InChI is InChI=1S/C23H23F3N4O2/c1-3-16-6-4-9-19(12-16)29-21(31)14-28-22(27-2)30-10-11-32-20(15-30)17-7-5-8-18(13-17)23(24,25)26/h1,4-9,12-13,20H,10-11,14-15H2,2H3,(H,27,28)(H,29,31). The third kappa shape index (κ3) is 6.02. The molecule has 2 N–H and O–H groups in total. The van der Waals surface area contributed by atoms with Gasteiger partial charge in [-0.05, 0) is 35.9 Å². The van der Waals surface area contributed by atoms with E-state index in [0.29, 0.717) is 42.5 Å². The van der Waals surface area contributed by atoms with E-state index in [1.54, 1.807) is 37.4 Å². The van der Waals surface area contributed by atoms with E-state index in [-0.39, 0.29) is 12.5 Å². The number of carbonyl (C=O) groups is 1. The van der Waals surface area contributed by atoms with Crippen LogP contribution in [0.3, 0.4) is 0 Å². The maximum absolute atomic E-state index is 13.0. The summed E-state index contributed by atoms with van der Waals surface area (Å²) in [6, 6.07) is 12.0. The maximum Gasteiger partial charge on any atom is 0.416 e. The first-order valence-electron chi connectivity index (χ1n) is 9.91. The van der Waals surface area contributed by atoms with E-state index in [0.717, 1.165) is 12.1 Å². The Kier molecular flexibility index (Phi) is 7.38. The van der Waals surface area contributed by atoms with Crippen LogP contribution in [0.2, 0.25) is 0 Å². The molecular weight excluding hydrogens is 421 g/mol. The fraction of sp³-hybridized carbons (Fsp3) is 0.304. The highest BCUT2D eigenvalue weighted by atomic mass is 19.4. The third-order valence-electron chi connectivity index (χ3n) is 4.88. The molecule has 0 spiro atoms. The molecule has 1 aliphatic rings. The smallest absolute Gasteiger partial charge is 0.370 e. The van der Waals surface area contributed by atoms with Crippen molar-refractivity contribution in [2.75, 3.05) is 38.6 Å². The number of carbonyl (C=O) groups excluding carboxylic acids is 1. The fourth-order valence-corrected chi connectivity index (χ4v) is 3.34. The van der Waals surface area contributed by atoms with Crippen LogP contribution in [0.4, 0.5) is 18.9 Å². The number of halogens is 3. The number of nitrogens with one attached hydrogen (secondary N) is 2. The lowest BCUT2D eigenvalue weighted by molar-refractivity contribution is -0.137. The lowest BCUT2D eigenvalue weighted by atomic mass is 10.0. The van der Waals surface area contributed by atoms with Crippen molar-refractivity contribution >= 4 is 17.6 Å². The van der Waals surface area contributed by atoms with Gasteiger partial charge in [0, 0.05) is 24.8 Å². The first-order valence-corrected chi connectivity index (χ1v) is 9.91. The molecule has 1 amide bonds. The van der Waals surface area contributed by atoms with Crippen LogP contribution >= 0.6 is 0 Å².